The van der Waals surface area contributed by atoms with Crippen molar-refractivity contribution < 1.29 is 0 Å². The highest BCUT2D eigenvalue weighted by molar-refractivity contribution is 5.20. The molecule has 1 fully saturated rings. The van der Waals surface area contributed by atoms with Crippen LogP contribution in [0.3, 0.4) is 0 Å². The monoisotopic (exact) mass is 246 g/mol. The first kappa shape index (κ1) is 13.6. The lowest BCUT2D eigenvalue weighted by Crippen LogP contribution is -2.40. The number of hydrogen-bond donors (Lipinski definition) is 1. The second-order valence-electron chi connectivity index (χ2n) is 5.79. The molecule has 2 N–H and O–H groups in total. The smallest absolute Gasteiger partial charge is 0.0496 e. The fraction of sp³-hybridized carbons (Fsp3) is 0.625. The Labute approximate surface area is 111 Å². The third-order valence-electron chi connectivity index (χ3n) is 4.08. The van der Waals surface area contributed by atoms with Gasteiger partial charge in [-0.3, -0.25) is 4.90 Å². The van der Waals surface area contributed by atoms with Crippen molar-refractivity contribution in [1.29, 1.82) is 0 Å². The van der Waals surface area contributed by atoms with E-state index in [-0.39, 0.29) is 6.04 Å². The largest absolute Gasteiger partial charge is 0.326 e. The topological polar surface area (TPSA) is 29.3 Å². The van der Waals surface area contributed by atoms with E-state index in [4.69, 9.17) is 5.73 Å². The average molecular weight is 246 g/mol. The fourth-order valence-electron chi connectivity index (χ4n) is 3.06. The molecule has 3 atom stereocenters. The van der Waals surface area contributed by atoms with Crippen molar-refractivity contribution >= 4 is 0 Å². The van der Waals surface area contributed by atoms with Crippen LogP contribution in [0.25, 0.3) is 0 Å². The van der Waals surface area contributed by atoms with Crippen LogP contribution in [-0.2, 0) is 0 Å². The molecule has 3 unspecified atom stereocenters. The van der Waals surface area contributed by atoms with E-state index in [1.165, 1.54) is 37.9 Å². The van der Waals surface area contributed by atoms with Gasteiger partial charge in [0.2, 0.25) is 0 Å². The molecule has 2 nitrogen and oxygen atoms in total. The van der Waals surface area contributed by atoms with Crippen molar-refractivity contribution in [3.05, 3.63) is 35.9 Å². The third kappa shape index (κ3) is 3.33. The Kier molecular flexibility index (Phi) is 4.79. The summed E-state index contributed by atoms with van der Waals surface area (Å²) in [6.45, 7) is 6.87. The quantitative estimate of drug-likeness (QED) is 0.887. The highest BCUT2D eigenvalue weighted by Gasteiger charge is 2.25. The number of nitrogens with zero attached hydrogens (tertiary/aromatic N) is 1. The minimum Gasteiger partial charge on any atom is -0.326 e. The van der Waals surface area contributed by atoms with E-state index in [1.54, 1.807) is 0 Å². The van der Waals surface area contributed by atoms with Gasteiger partial charge in [-0.1, -0.05) is 37.3 Å². The van der Waals surface area contributed by atoms with E-state index >= 15 is 0 Å². The van der Waals surface area contributed by atoms with Gasteiger partial charge < -0.3 is 5.73 Å². The molecule has 0 aromatic heterocycles. The zero-order valence-corrected chi connectivity index (χ0v) is 11.7. The molecule has 18 heavy (non-hydrogen) atoms. The maximum atomic E-state index is 6.24. The first-order valence-corrected chi connectivity index (χ1v) is 7.23. The van der Waals surface area contributed by atoms with E-state index in [0.717, 1.165) is 5.92 Å². The molecular weight excluding hydrogens is 220 g/mol. The highest BCUT2D eigenvalue weighted by Crippen LogP contribution is 2.27. The number of nitrogens with two attached hydrogens (primary N) is 1. The zero-order chi connectivity index (χ0) is 13.0. The second kappa shape index (κ2) is 6.35. The van der Waals surface area contributed by atoms with Gasteiger partial charge in [0, 0.05) is 12.1 Å². The minimum absolute atomic E-state index is 0.181. The molecule has 0 bridgehead atoms. The Morgan fingerprint density at radius 2 is 1.89 bits per heavy atom. The molecule has 1 saturated heterocycles. The van der Waals surface area contributed by atoms with E-state index < -0.39 is 0 Å². The third-order valence-corrected chi connectivity index (χ3v) is 4.08. The van der Waals surface area contributed by atoms with Crippen molar-refractivity contribution in [1.82, 2.24) is 4.90 Å². The summed E-state index contributed by atoms with van der Waals surface area (Å²) in [7, 11) is 0. The van der Waals surface area contributed by atoms with Gasteiger partial charge in [-0.25, -0.2) is 0 Å². The first-order valence-electron chi connectivity index (χ1n) is 7.23. The van der Waals surface area contributed by atoms with Crippen LogP contribution >= 0.6 is 0 Å². The molecular formula is C16H26N2. The molecule has 1 aromatic rings. The standard InChI is InChI=1S/C16H26N2/c1-13-7-6-11-18(12-10-13)16(14(2)17)15-8-4-3-5-9-15/h3-5,8-9,13-14,16H,6-7,10-12,17H2,1-2H3. The molecule has 0 aliphatic carbocycles. The summed E-state index contributed by atoms with van der Waals surface area (Å²) in [5.74, 6) is 0.861. The highest BCUT2D eigenvalue weighted by atomic mass is 15.2. The van der Waals surface area contributed by atoms with Crippen LogP contribution in [0.2, 0.25) is 0 Å². The van der Waals surface area contributed by atoms with Gasteiger partial charge in [-0.2, -0.15) is 0 Å². The lowest BCUT2D eigenvalue weighted by molar-refractivity contribution is 0.181. The van der Waals surface area contributed by atoms with E-state index in [1.807, 2.05) is 0 Å². The molecule has 0 radical (unpaired) electrons. The fourth-order valence-corrected chi connectivity index (χ4v) is 3.06. The SMILES string of the molecule is CC1CCCN(C(c2ccccc2)C(C)N)CC1. The van der Waals surface area contributed by atoms with Crippen LogP contribution in [0.1, 0.15) is 44.7 Å². The Morgan fingerprint density at radius 1 is 1.17 bits per heavy atom. The summed E-state index contributed by atoms with van der Waals surface area (Å²) in [6.07, 6.45) is 3.96. The molecule has 100 valence electrons. The Bertz CT molecular complexity index is 347. The molecule has 0 saturated carbocycles. The zero-order valence-electron chi connectivity index (χ0n) is 11.7. The van der Waals surface area contributed by atoms with Gasteiger partial charge in [-0.15, -0.1) is 0 Å². The number of rotatable bonds is 3. The van der Waals surface area contributed by atoms with Crippen LogP contribution in [0.4, 0.5) is 0 Å². The Balaban J connectivity index is 2.15. The summed E-state index contributed by atoms with van der Waals surface area (Å²) < 4.78 is 0. The molecule has 0 spiro atoms. The van der Waals surface area contributed by atoms with Crippen LogP contribution in [0.15, 0.2) is 30.3 Å². The van der Waals surface area contributed by atoms with Gasteiger partial charge in [-0.05, 0) is 50.8 Å². The maximum absolute atomic E-state index is 6.24. The molecule has 1 aliphatic rings. The van der Waals surface area contributed by atoms with Gasteiger partial charge in [0.15, 0.2) is 0 Å². The molecule has 1 aromatic carbocycles. The van der Waals surface area contributed by atoms with E-state index in [2.05, 4.69) is 49.1 Å². The number of likely N-dealkylation sites (tertiary alicyclic amines) is 1. The minimum atomic E-state index is 0.181. The van der Waals surface area contributed by atoms with Gasteiger partial charge >= 0.3 is 0 Å². The van der Waals surface area contributed by atoms with Crippen LogP contribution < -0.4 is 5.73 Å². The molecule has 0 amide bonds. The lowest BCUT2D eigenvalue weighted by atomic mass is 9.99. The summed E-state index contributed by atoms with van der Waals surface area (Å²) >= 11 is 0. The van der Waals surface area contributed by atoms with Crippen molar-refractivity contribution in [2.75, 3.05) is 13.1 Å². The summed E-state index contributed by atoms with van der Waals surface area (Å²) in [6, 6.07) is 11.3. The molecule has 2 heteroatoms. The van der Waals surface area contributed by atoms with Crippen molar-refractivity contribution in [2.45, 2.75) is 45.2 Å². The van der Waals surface area contributed by atoms with E-state index in [0.29, 0.717) is 6.04 Å². The number of benzene rings is 1. The van der Waals surface area contributed by atoms with Gasteiger partial charge in [0.1, 0.15) is 0 Å². The predicted molar refractivity (Wildman–Crippen MR) is 77.4 cm³/mol. The van der Waals surface area contributed by atoms with Crippen LogP contribution in [0, 0.1) is 5.92 Å². The van der Waals surface area contributed by atoms with E-state index in [9.17, 15) is 0 Å². The summed E-state index contributed by atoms with van der Waals surface area (Å²) in [5, 5.41) is 0. The van der Waals surface area contributed by atoms with Gasteiger partial charge in [0.05, 0.1) is 0 Å². The van der Waals surface area contributed by atoms with Crippen LogP contribution in [-0.4, -0.2) is 24.0 Å². The maximum Gasteiger partial charge on any atom is 0.0496 e. The molecule has 2 rings (SSSR count). The Morgan fingerprint density at radius 3 is 2.56 bits per heavy atom. The van der Waals surface area contributed by atoms with Crippen molar-refractivity contribution in [3.63, 3.8) is 0 Å². The summed E-state index contributed by atoms with van der Waals surface area (Å²) in [4.78, 5) is 2.59. The molecule has 1 heterocycles. The van der Waals surface area contributed by atoms with Gasteiger partial charge in [0.25, 0.3) is 0 Å². The first-order chi connectivity index (χ1) is 8.68. The van der Waals surface area contributed by atoms with Crippen molar-refractivity contribution in [2.24, 2.45) is 11.7 Å². The normalized spacial score (nSPS) is 25.4. The Hall–Kier alpha value is -0.860. The molecule has 1 aliphatic heterocycles. The predicted octanol–water partition coefficient (Wildman–Crippen LogP) is 3.20. The average Bonchev–Trinajstić information content (AvgIpc) is 2.56. The van der Waals surface area contributed by atoms with Crippen LogP contribution in [0.5, 0.6) is 0 Å². The lowest BCUT2D eigenvalue weighted by Gasteiger charge is -2.33. The van der Waals surface area contributed by atoms with Crippen molar-refractivity contribution in [3.8, 4) is 0 Å². The number of hydrogen-bond acceptors (Lipinski definition) is 2. The summed E-state index contributed by atoms with van der Waals surface area (Å²) in [5.41, 5.74) is 7.61. The second-order valence-corrected chi connectivity index (χ2v) is 5.79.